The number of rotatable bonds is 8. The van der Waals surface area contributed by atoms with E-state index in [1.165, 1.54) is 11.8 Å². The Labute approximate surface area is 147 Å². The first kappa shape index (κ1) is 18.2. The van der Waals surface area contributed by atoms with Crippen LogP contribution in [0, 0.1) is 6.92 Å². The Hall–Kier alpha value is -2.14. The first-order valence-corrected chi connectivity index (χ1v) is 8.75. The molecule has 2 aromatic rings. The van der Waals surface area contributed by atoms with Crippen LogP contribution in [0.5, 0.6) is 11.5 Å². The van der Waals surface area contributed by atoms with Gasteiger partial charge in [-0.2, -0.15) is 0 Å². The molecule has 0 aliphatic rings. The van der Waals surface area contributed by atoms with E-state index in [4.69, 9.17) is 9.47 Å². The van der Waals surface area contributed by atoms with Gasteiger partial charge in [-0.1, -0.05) is 18.2 Å². The van der Waals surface area contributed by atoms with E-state index < -0.39 is 0 Å². The van der Waals surface area contributed by atoms with Gasteiger partial charge in [-0.05, 0) is 49.7 Å². The molecule has 2 aromatic carbocycles. The summed E-state index contributed by atoms with van der Waals surface area (Å²) in [7, 11) is 1.64. The van der Waals surface area contributed by atoms with Crippen LogP contribution in [0.4, 0.5) is 0 Å². The molecule has 0 spiro atoms. The molecule has 0 saturated carbocycles. The Morgan fingerprint density at radius 2 is 1.88 bits per heavy atom. The van der Waals surface area contributed by atoms with Crippen molar-refractivity contribution in [1.29, 1.82) is 0 Å². The second kappa shape index (κ2) is 9.23. The summed E-state index contributed by atoms with van der Waals surface area (Å²) < 4.78 is 10.8. The van der Waals surface area contributed by atoms with Gasteiger partial charge in [0.15, 0.2) is 0 Å². The second-order valence-corrected chi connectivity index (χ2v) is 6.75. The number of amides is 1. The van der Waals surface area contributed by atoms with Crippen LogP contribution in [0.1, 0.15) is 12.5 Å². The molecule has 128 valence electrons. The van der Waals surface area contributed by atoms with Gasteiger partial charge < -0.3 is 14.8 Å². The van der Waals surface area contributed by atoms with Gasteiger partial charge in [0.25, 0.3) is 0 Å². The molecule has 4 nitrogen and oxygen atoms in total. The number of nitrogens with one attached hydrogen (secondary N) is 1. The monoisotopic (exact) mass is 345 g/mol. The molecule has 0 aromatic heterocycles. The topological polar surface area (TPSA) is 47.6 Å². The quantitative estimate of drug-likeness (QED) is 0.586. The van der Waals surface area contributed by atoms with E-state index >= 15 is 0 Å². The molecule has 1 N–H and O–H groups in total. The summed E-state index contributed by atoms with van der Waals surface area (Å²) in [6.45, 7) is 4.84. The van der Waals surface area contributed by atoms with Crippen LogP contribution in [0.25, 0.3) is 0 Å². The van der Waals surface area contributed by atoms with Crippen LogP contribution >= 0.6 is 11.8 Å². The fourth-order valence-corrected chi connectivity index (χ4v) is 3.00. The van der Waals surface area contributed by atoms with E-state index in [2.05, 4.69) is 5.32 Å². The number of para-hydroxylation sites is 1. The first-order chi connectivity index (χ1) is 11.6. The van der Waals surface area contributed by atoms with Crippen molar-refractivity contribution in [3.63, 3.8) is 0 Å². The minimum Gasteiger partial charge on any atom is -0.497 e. The fourth-order valence-electron chi connectivity index (χ4n) is 2.11. The summed E-state index contributed by atoms with van der Waals surface area (Å²) in [6, 6.07) is 15.5. The third-order valence-electron chi connectivity index (χ3n) is 3.49. The van der Waals surface area contributed by atoms with Crippen LogP contribution in [-0.4, -0.2) is 31.4 Å². The number of methoxy groups -OCH3 is 1. The summed E-state index contributed by atoms with van der Waals surface area (Å²) in [4.78, 5) is 13.2. The maximum Gasteiger partial charge on any atom is 0.233 e. The van der Waals surface area contributed by atoms with Gasteiger partial charge in [-0.15, -0.1) is 11.8 Å². The fraction of sp³-hybridized carbons (Fsp3) is 0.316. The van der Waals surface area contributed by atoms with Crippen molar-refractivity contribution in [2.24, 2.45) is 0 Å². The van der Waals surface area contributed by atoms with E-state index in [1.807, 2.05) is 62.4 Å². The Morgan fingerprint density at radius 3 is 2.54 bits per heavy atom. The van der Waals surface area contributed by atoms with Crippen molar-refractivity contribution in [2.45, 2.75) is 24.0 Å². The molecule has 0 saturated heterocycles. The zero-order valence-electron chi connectivity index (χ0n) is 14.2. The lowest BCUT2D eigenvalue weighted by Gasteiger charge is -2.13. The molecule has 1 atom stereocenters. The van der Waals surface area contributed by atoms with Gasteiger partial charge in [0.1, 0.15) is 18.1 Å². The van der Waals surface area contributed by atoms with E-state index in [1.54, 1.807) is 7.11 Å². The number of aryl methyl sites for hydroxylation is 1. The summed E-state index contributed by atoms with van der Waals surface area (Å²) >= 11 is 1.52. The average Bonchev–Trinajstić information content (AvgIpc) is 2.60. The third kappa shape index (κ3) is 5.49. The van der Waals surface area contributed by atoms with Crippen LogP contribution < -0.4 is 14.8 Å². The van der Waals surface area contributed by atoms with E-state index in [9.17, 15) is 4.79 Å². The van der Waals surface area contributed by atoms with Crippen LogP contribution in [0.2, 0.25) is 0 Å². The highest BCUT2D eigenvalue weighted by Gasteiger charge is 2.13. The molecule has 0 fully saturated rings. The van der Waals surface area contributed by atoms with Crippen molar-refractivity contribution in [2.75, 3.05) is 20.3 Å². The van der Waals surface area contributed by atoms with Gasteiger partial charge >= 0.3 is 0 Å². The zero-order valence-corrected chi connectivity index (χ0v) is 15.1. The minimum absolute atomic E-state index is 0.00389. The highest BCUT2D eigenvalue weighted by Crippen LogP contribution is 2.25. The Balaban J connectivity index is 1.72. The molecule has 0 aliphatic heterocycles. The van der Waals surface area contributed by atoms with Crippen molar-refractivity contribution in [3.8, 4) is 11.5 Å². The second-order valence-electron chi connectivity index (χ2n) is 5.34. The molecular weight excluding hydrogens is 322 g/mol. The van der Waals surface area contributed by atoms with E-state index in [0.29, 0.717) is 13.2 Å². The number of hydrogen-bond acceptors (Lipinski definition) is 4. The van der Waals surface area contributed by atoms with E-state index in [-0.39, 0.29) is 11.2 Å². The predicted octanol–water partition coefficient (Wildman–Crippen LogP) is 3.68. The molecule has 1 amide bonds. The molecule has 0 aliphatic carbocycles. The molecule has 0 radical (unpaired) electrons. The summed E-state index contributed by atoms with van der Waals surface area (Å²) in [6.07, 6.45) is 0. The minimum atomic E-state index is -0.170. The number of carbonyl (C=O) groups excluding carboxylic acids is 1. The smallest absolute Gasteiger partial charge is 0.233 e. The number of carbonyl (C=O) groups is 1. The lowest BCUT2D eigenvalue weighted by Crippen LogP contribution is -2.34. The van der Waals surface area contributed by atoms with Crippen molar-refractivity contribution in [1.82, 2.24) is 5.32 Å². The van der Waals surface area contributed by atoms with Gasteiger partial charge in [0.05, 0.1) is 18.9 Å². The maximum atomic E-state index is 12.1. The average molecular weight is 345 g/mol. The first-order valence-electron chi connectivity index (χ1n) is 7.87. The maximum absolute atomic E-state index is 12.1. The number of ether oxygens (including phenoxy) is 2. The van der Waals surface area contributed by atoms with Crippen LogP contribution in [0.3, 0.4) is 0 Å². The third-order valence-corrected chi connectivity index (χ3v) is 4.61. The Kier molecular flexibility index (Phi) is 7.00. The molecule has 1 unspecified atom stereocenters. The highest BCUT2D eigenvalue weighted by molar-refractivity contribution is 8.00. The zero-order chi connectivity index (χ0) is 17.4. The normalized spacial score (nSPS) is 11.6. The molecule has 5 heteroatoms. The summed E-state index contributed by atoms with van der Waals surface area (Å²) in [5, 5.41) is 2.74. The Morgan fingerprint density at radius 1 is 1.17 bits per heavy atom. The SMILES string of the molecule is COc1ccc(SC(C)C(=O)NCCOc2ccccc2C)cc1. The largest absolute Gasteiger partial charge is 0.497 e. The van der Waals surface area contributed by atoms with Crippen LogP contribution in [-0.2, 0) is 4.79 Å². The van der Waals surface area contributed by atoms with Crippen molar-refractivity contribution in [3.05, 3.63) is 54.1 Å². The predicted molar refractivity (Wildman–Crippen MR) is 98.0 cm³/mol. The van der Waals surface area contributed by atoms with Gasteiger partial charge in [0.2, 0.25) is 5.91 Å². The van der Waals surface area contributed by atoms with Crippen LogP contribution in [0.15, 0.2) is 53.4 Å². The van der Waals surface area contributed by atoms with Gasteiger partial charge in [0, 0.05) is 4.90 Å². The lowest BCUT2D eigenvalue weighted by atomic mass is 10.2. The van der Waals surface area contributed by atoms with Gasteiger partial charge in [-0.25, -0.2) is 0 Å². The Bertz CT molecular complexity index is 658. The van der Waals surface area contributed by atoms with Crippen molar-refractivity contribution >= 4 is 17.7 Å². The molecule has 2 rings (SSSR count). The number of hydrogen-bond donors (Lipinski definition) is 1. The lowest BCUT2D eigenvalue weighted by molar-refractivity contribution is -0.120. The highest BCUT2D eigenvalue weighted by atomic mass is 32.2. The molecule has 0 bridgehead atoms. The van der Waals surface area contributed by atoms with E-state index in [0.717, 1.165) is 22.0 Å². The molecule has 24 heavy (non-hydrogen) atoms. The number of benzene rings is 2. The molecular formula is C19H23NO3S. The van der Waals surface area contributed by atoms with Gasteiger partial charge in [-0.3, -0.25) is 4.79 Å². The standard InChI is InChI=1S/C19H23NO3S/c1-14-6-4-5-7-18(14)23-13-12-20-19(21)15(2)24-17-10-8-16(22-3)9-11-17/h4-11,15H,12-13H2,1-3H3,(H,20,21). The molecule has 0 heterocycles. The summed E-state index contributed by atoms with van der Waals surface area (Å²) in [5.74, 6) is 1.67. The van der Waals surface area contributed by atoms with Crippen molar-refractivity contribution < 1.29 is 14.3 Å². The number of thioether (sulfide) groups is 1. The summed E-state index contributed by atoms with van der Waals surface area (Å²) in [5.41, 5.74) is 1.09.